The van der Waals surface area contributed by atoms with Crippen LogP contribution in [0.2, 0.25) is 10.0 Å². The Morgan fingerprint density at radius 3 is 2.75 bits per heavy atom. The number of aromatic amines is 1. The first-order valence-corrected chi connectivity index (χ1v) is 6.93. The minimum Gasteiger partial charge on any atom is -0.320 e. The third kappa shape index (κ3) is 2.65. The maximum atomic E-state index is 12.3. The normalized spacial score (nSPS) is 13.9. The van der Waals surface area contributed by atoms with E-state index in [9.17, 15) is 4.79 Å². The van der Waals surface area contributed by atoms with Gasteiger partial charge in [-0.15, -0.1) is 0 Å². The summed E-state index contributed by atoms with van der Waals surface area (Å²) in [5, 5.41) is 13.9. The number of hydrogen-bond acceptors (Lipinski definition) is 3. The smallest absolute Gasteiger partial charge is 0.276 e. The summed E-state index contributed by atoms with van der Waals surface area (Å²) < 4.78 is 0. The summed E-state index contributed by atoms with van der Waals surface area (Å²) in [5.41, 5.74) is 2.89. The van der Waals surface area contributed by atoms with Crippen LogP contribution in [0.25, 0.3) is 0 Å². The van der Waals surface area contributed by atoms with Crippen LogP contribution in [0.15, 0.2) is 18.2 Å². The van der Waals surface area contributed by atoms with Crippen LogP contribution in [0.1, 0.15) is 21.7 Å². The van der Waals surface area contributed by atoms with Crippen molar-refractivity contribution >= 4 is 34.8 Å². The zero-order valence-corrected chi connectivity index (χ0v) is 12.0. The van der Waals surface area contributed by atoms with Gasteiger partial charge in [-0.1, -0.05) is 23.2 Å². The van der Waals surface area contributed by atoms with E-state index in [0.717, 1.165) is 24.2 Å². The molecule has 1 aromatic carbocycles. The third-order valence-corrected chi connectivity index (χ3v) is 3.58. The molecule has 1 aliphatic heterocycles. The van der Waals surface area contributed by atoms with Crippen molar-refractivity contribution in [1.29, 1.82) is 0 Å². The standard InChI is InChI=1S/C13H12Cl2N4O/c14-7-3-8(15)5-9(4-7)17-13(20)12-10-6-16-2-1-11(10)18-19-12/h3-5,16H,1-2,6H2,(H,17,20)(H,18,19). The number of benzene rings is 1. The Labute approximate surface area is 125 Å². The number of anilines is 1. The number of hydrogen-bond donors (Lipinski definition) is 3. The van der Waals surface area contributed by atoms with Gasteiger partial charge in [-0.05, 0) is 18.2 Å². The van der Waals surface area contributed by atoms with Crippen LogP contribution in [0, 0.1) is 0 Å². The largest absolute Gasteiger partial charge is 0.320 e. The highest BCUT2D eigenvalue weighted by atomic mass is 35.5. The van der Waals surface area contributed by atoms with E-state index in [1.54, 1.807) is 18.2 Å². The van der Waals surface area contributed by atoms with Crippen molar-refractivity contribution in [2.24, 2.45) is 0 Å². The zero-order valence-electron chi connectivity index (χ0n) is 10.5. The molecule has 5 nitrogen and oxygen atoms in total. The summed E-state index contributed by atoms with van der Waals surface area (Å²) in [4.78, 5) is 12.3. The molecule has 0 atom stereocenters. The molecule has 0 bridgehead atoms. The predicted octanol–water partition coefficient (Wildman–Crippen LogP) is 2.61. The quantitative estimate of drug-likeness (QED) is 0.798. The van der Waals surface area contributed by atoms with E-state index in [1.165, 1.54) is 0 Å². The van der Waals surface area contributed by atoms with Crippen molar-refractivity contribution in [1.82, 2.24) is 15.5 Å². The minimum atomic E-state index is -0.274. The number of H-pyrrole nitrogens is 1. The molecule has 0 fully saturated rings. The lowest BCUT2D eigenvalue weighted by Crippen LogP contribution is -2.25. The molecule has 2 heterocycles. The highest BCUT2D eigenvalue weighted by Crippen LogP contribution is 2.23. The number of amides is 1. The summed E-state index contributed by atoms with van der Waals surface area (Å²) >= 11 is 11.8. The van der Waals surface area contributed by atoms with Crippen LogP contribution < -0.4 is 10.6 Å². The second kappa shape index (κ2) is 5.44. The molecule has 0 saturated heterocycles. The lowest BCUT2D eigenvalue weighted by atomic mass is 10.1. The molecular weight excluding hydrogens is 299 g/mol. The van der Waals surface area contributed by atoms with Crippen molar-refractivity contribution in [3.8, 4) is 0 Å². The van der Waals surface area contributed by atoms with Gasteiger partial charge in [0.05, 0.1) is 0 Å². The Hall–Kier alpha value is -1.56. The minimum absolute atomic E-state index is 0.274. The molecule has 1 amide bonds. The average Bonchev–Trinajstić information content (AvgIpc) is 2.81. The lowest BCUT2D eigenvalue weighted by Gasteiger charge is -2.13. The molecular formula is C13H12Cl2N4O. The van der Waals surface area contributed by atoms with E-state index in [-0.39, 0.29) is 5.91 Å². The van der Waals surface area contributed by atoms with E-state index in [4.69, 9.17) is 23.2 Å². The second-order valence-electron chi connectivity index (χ2n) is 4.57. The first-order chi connectivity index (χ1) is 9.63. The summed E-state index contributed by atoms with van der Waals surface area (Å²) in [5.74, 6) is -0.274. The molecule has 104 valence electrons. The summed E-state index contributed by atoms with van der Waals surface area (Å²) in [7, 11) is 0. The van der Waals surface area contributed by atoms with E-state index in [1.807, 2.05) is 0 Å². The molecule has 20 heavy (non-hydrogen) atoms. The van der Waals surface area contributed by atoms with Crippen molar-refractivity contribution < 1.29 is 4.79 Å². The number of rotatable bonds is 2. The van der Waals surface area contributed by atoms with Crippen molar-refractivity contribution in [2.75, 3.05) is 11.9 Å². The molecule has 1 aromatic heterocycles. The van der Waals surface area contributed by atoms with Gasteiger partial charge in [0.15, 0.2) is 5.69 Å². The van der Waals surface area contributed by atoms with Gasteiger partial charge in [0.1, 0.15) is 0 Å². The van der Waals surface area contributed by atoms with Gasteiger partial charge in [0.25, 0.3) is 5.91 Å². The molecule has 2 aromatic rings. The van der Waals surface area contributed by atoms with Gasteiger partial charge in [-0.25, -0.2) is 0 Å². The maximum absolute atomic E-state index is 12.3. The summed E-state index contributed by atoms with van der Waals surface area (Å²) in [6.45, 7) is 1.53. The molecule has 1 aliphatic rings. The summed E-state index contributed by atoms with van der Waals surface area (Å²) in [6.07, 6.45) is 0.846. The molecule has 0 radical (unpaired) electrons. The third-order valence-electron chi connectivity index (χ3n) is 3.14. The van der Waals surface area contributed by atoms with Crippen LogP contribution in [0.4, 0.5) is 5.69 Å². The molecule has 0 saturated carbocycles. The van der Waals surface area contributed by atoms with Crippen molar-refractivity contribution in [3.05, 3.63) is 45.2 Å². The Kier molecular flexibility index (Phi) is 3.65. The average molecular weight is 311 g/mol. The number of aromatic nitrogens is 2. The Morgan fingerprint density at radius 2 is 2.00 bits per heavy atom. The maximum Gasteiger partial charge on any atom is 0.276 e. The second-order valence-corrected chi connectivity index (χ2v) is 5.44. The monoisotopic (exact) mass is 310 g/mol. The van der Waals surface area contributed by atoms with Crippen LogP contribution in [-0.2, 0) is 13.0 Å². The number of fused-ring (bicyclic) bond motifs is 1. The lowest BCUT2D eigenvalue weighted by molar-refractivity contribution is 0.102. The van der Waals surface area contributed by atoms with E-state index in [0.29, 0.717) is 28.0 Å². The van der Waals surface area contributed by atoms with E-state index < -0.39 is 0 Å². The molecule has 0 unspecified atom stereocenters. The van der Waals surface area contributed by atoms with Crippen LogP contribution in [0.5, 0.6) is 0 Å². The van der Waals surface area contributed by atoms with E-state index >= 15 is 0 Å². The van der Waals surface area contributed by atoms with Crippen molar-refractivity contribution in [3.63, 3.8) is 0 Å². The van der Waals surface area contributed by atoms with Gasteiger partial charge in [-0.2, -0.15) is 5.10 Å². The molecule has 0 spiro atoms. The molecule has 7 heteroatoms. The Balaban J connectivity index is 1.84. The van der Waals surface area contributed by atoms with Crippen LogP contribution in [-0.4, -0.2) is 22.6 Å². The number of carbonyl (C=O) groups excluding carboxylic acids is 1. The topological polar surface area (TPSA) is 69.8 Å². The Morgan fingerprint density at radius 1 is 1.25 bits per heavy atom. The van der Waals surface area contributed by atoms with Crippen LogP contribution in [0.3, 0.4) is 0 Å². The van der Waals surface area contributed by atoms with Gasteiger partial charge < -0.3 is 10.6 Å². The van der Waals surface area contributed by atoms with Gasteiger partial charge >= 0.3 is 0 Å². The SMILES string of the molecule is O=C(Nc1cc(Cl)cc(Cl)c1)c1n[nH]c2c1CNCC2. The molecule has 0 aliphatic carbocycles. The number of nitrogens with zero attached hydrogens (tertiary/aromatic N) is 1. The van der Waals surface area contributed by atoms with Gasteiger partial charge in [-0.3, -0.25) is 9.89 Å². The van der Waals surface area contributed by atoms with E-state index in [2.05, 4.69) is 20.8 Å². The number of halogens is 2. The number of carbonyl (C=O) groups is 1. The van der Waals surface area contributed by atoms with Crippen molar-refractivity contribution in [2.45, 2.75) is 13.0 Å². The number of nitrogens with one attached hydrogen (secondary N) is 3. The first-order valence-electron chi connectivity index (χ1n) is 6.18. The highest BCUT2D eigenvalue weighted by Gasteiger charge is 2.21. The first kappa shape index (κ1) is 13.4. The van der Waals surface area contributed by atoms with Gasteiger partial charge in [0.2, 0.25) is 0 Å². The fraction of sp³-hybridized carbons (Fsp3) is 0.231. The molecule has 3 N–H and O–H groups in total. The fourth-order valence-corrected chi connectivity index (χ4v) is 2.76. The summed E-state index contributed by atoms with van der Waals surface area (Å²) in [6, 6.07) is 4.89. The predicted molar refractivity (Wildman–Crippen MR) is 78.4 cm³/mol. The zero-order chi connectivity index (χ0) is 14.1. The Bertz CT molecular complexity index is 648. The molecule has 3 rings (SSSR count). The fourth-order valence-electron chi connectivity index (χ4n) is 2.23. The highest BCUT2D eigenvalue weighted by molar-refractivity contribution is 6.35. The van der Waals surface area contributed by atoms with Crippen LogP contribution >= 0.6 is 23.2 Å². The van der Waals surface area contributed by atoms with Gasteiger partial charge in [0, 0.05) is 46.5 Å².